The molecule has 1 heterocycles. The molecule has 134 valence electrons. The SMILES string of the molecule is CN=C(NCc1ccc(F)cc1)NCc1ccc(OCCOC)nc1. The maximum atomic E-state index is 12.9. The number of halogens is 1. The molecule has 0 amide bonds. The molecule has 0 unspecified atom stereocenters. The first-order valence-electron chi connectivity index (χ1n) is 7.97. The first-order chi connectivity index (χ1) is 12.2. The second kappa shape index (κ2) is 10.2. The van der Waals surface area contributed by atoms with Gasteiger partial charge in [0.2, 0.25) is 5.88 Å². The van der Waals surface area contributed by atoms with E-state index in [2.05, 4.69) is 20.6 Å². The summed E-state index contributed by atoms with van der Waals surface area (Å²) >= 11 is 0. The third-order valence-corrected chi connectivity index (χ3v) is 3.39. The van der Waals surface area contributed by atoms with Gasteiger partial charge in [-0.1, -0.05) is 18.2 Å². The fourth-order valence-electron chi connectivity index (χ4n) is 2.02. The van der Waals surface area contributed by atoms with E-state index in [1.165, 1.54) is 12.1 Å². The molecule has 0 saturated carbocycles. The Balaban J connectivity index is 1.77. The normalized spacial score (nSPS) is 11.2. The highest BCUT2D eigenvalue weighted by molar-refractivity contribution is 5.79. The minimum absolute atomic E-state index is 0.242. The maximum Gasteiger partial charge on any atom is 0.213 e. The van der Waals surface area contributed by atoms with Gasteiger partial charge in [-0.3, -0.25) is 4.99 Å². The molecular formula is C18H23FN4O2. The quantitative estimate of drug-likeness (QED) is 0.435. The summed E-state index contributed by atoms with van der Waals surface area (Å²) in [6.07, 6.45) is 1.75. The summed E-state index contributed by atoms with van der Waals surface area (Å²) < 4.78 is 23.2. The zero-order valence-electron chi connectivity index (χ0n) is 14.5. The third kappa shape index (κ3) is 6.76. The van der Waals surface area contributed by atoms with E-state index in [1.807, 2.05) is 12.1 Å². The lowest BCUT2D eigenvalue weighted by atomic mass is 10.2. The number of aromatic nitrogens is 1. The van der Waals surface area contributed by atoms with E-state index in [9.17, 15) is 4.39 Å². The van der Waals surface area contributed by atoms with Gasteiger partial charge in [0.15, 0.2) is 5.96 Å². The van der Waals surface area contributed by atoms with Gasteiger partial charge in [-0.2, -0.15) is 0 Å². The molecule has 0 aliphatic carbocycles. The van der Waals surface area contributed by atoms with E-state index in [-0.39, 0.29) is 5.82 Å². The Morgan fingerprint density at radius 2 is 1.72 bits per heavy atom. The fourth-order valence-corrected chi connectivity index (χ4v) is 2.02. The number of nitrogens with zero attached hydrogens (tertiary/aromatic N) is 2. The van der Waals surface area contributed by atoms with E-state index in [4.69, 9.17) is 9.47 Å². The molecule has 0 spiro atoms. The summed E-state index contributed by atoms with van der Waals surface area (Å²) in [5.74, 6) is 0.984. The standard InChI is InChI=1S/C18H23FN4O2/c1-20-18(22-11-14-3-6-16(19)7-4-14)23-13-15-5-8-17(21-12-15)25-10-9-24-2/h3-8,12H,9-11,13H2,1-2H3,(H2,20,22,23). The van der Waals surface area contributed by atoms with Crippen molar-refractivity contribution in [1.82, 2.24) is 15.6 Å². The first kappa shape index (κ1) is 18.7. The van der Waals surface area contributed by atoms with Crippen LogP contribution in [0.2, 0.25) is 0 Å². The minimum atomic E-state index is -0.242. The van der Waals surface area contributed by atoms with Crippen LogP contribution >= 0.6 is 0 Å². The number of hydrogen-bond acceptors (Lipinski definition) is 4. The predicted molar refractivity (Wildman–Crippen MR) is 95.0 cm³/mol. The molecule has 1 aromatic heterocycles. The molecule has 6 nitrogen and oxygen atoms in total. The van der Waals surface area contributed by atoms with Crippen LogP contribution in [0.1, 0.15) is 11.1 Å². The summed E-state index contributed by atoms with van der Waals surface area (Å²) in [5.41, 5.74) is 1.98. The molecule has 1 aromatic carbocycles. The second-order valence-corrected chi connectivity index (χ2v) is 5.25. The number of rotatable bonds is 8. The Bertz CT molecular complexity index is 660. The monoisotopic (exact) mass is 346 g/mol. The van der Waals surface area contributed by atoms with Crippen LogP contribution in [0.5, 0.6) is 5.88 Å². The lowest BCUT2D eigenvalue weighted by Gasteiger charge is -2.12. The molecule has 0 atom stereocenters. The second-order valence-electron chi connectivity index (χ2n) is 5.25. The van der Waals surface area contributed by atoms with Gasteiger partial charge in [-0.05, 0) is 23.3 Å². The Morgan fingerprint density at radius 3 is 2.32 bits per heavy atom. The minimum Gasteiger partial charge on any atom is -0.475 e. The summed E-state index contributed by atoms with van der Waals surface area (Å²) in [4.78, 5) is 8.41. The van der Waals surface area contributed by atoms with Crippen molar-refractivity contribution >= 4 is 5.96 Å². The van der Waals surface area contributed by atoms with Crippen LogP contribution in [-0.2, 0) is 17.8 Å². The molecule has 25 heavy (non-hydrogen) atoms. The van der Waals surface area contributed by atoms with Gasteiger partial charge >= 0.3 is 0 Å². The highest BCUT2D eigenvalue weighted by atomic mass is 19.1. The van der Waals surface area contributed by atoms with E-state index >= 15 is 0 Å². The van der Waals surface area contributed by atoms with Gasteiger partial charge in [0.25, 0.3) is 0 Å². The van der Waals surface area contributed by atoms with Gasteiger partial charge in [-0.15, -0.1) is 0 Å². The average Bonchev–Trinajstić information content (AvgIpc) is 2.64. The molecule has 7 heteroatoms. The number of benzene rings is 1. The molecule has 0 bridgehead atoms. The fraction of sp³-hybridized carbons (Fsp3) is 0.333. The molecule has 2 rings (SSSR count). The highest BCUT2D eigenvalue weighted by Crippen LogP contribution is 2.07. The van der Waals surface area contributed by atoms with Gasteiger partial charge in [0, 0.05) is 39.5 Å². The van der Waals surface area contributed by atoms with Gasteiger partial charge in [0.1, 0.15) is 12.4 Å². The molecule has 2 aromatic rings. The van der Waals surface area contributed by atoms with Gasteiger partial charge < -0.3 is 20.1 Å². The molecule has 0 saturated heterocycles. The summed E-state index contributed by atoms with van der Waals surface area (Å²) in [7, 11) is 3.33. The largest absolute Gasteiger partial charge is 0.475 e. The summed E-state index contributed by atoms with van der Waals surface area (Å²) in [6.45, 7) is 2.14. The number of aliphatic imine (C=N–C) groups is 1. The van der Waals surface area contributed by atoms with E-state index < -0.39 is 0 Å². The topological polar surface area (TPSA) is 67.8 Å². The number of ether oxygens (including phenoxy) is 2. The zero-order chi connectivity index (χ0) is 17.9. The zero-order valence-corrected chi connectivity index (χ0v) is 14.5. The van der Waals surface area contributed by atoms with Crippen LogP contribution in [0.15, 0.2) is 47.6 Å². The van der Waals surface area contributed by atoms with Crippen molar-refractivity contribution in [1.29, 1.82) is 0 Å². The summed E-state index contributed by atoms with van der Waals surface area (Å²) in [5, 5.41) is 6.38. The smallest absolute Gasteiger partial charge is 0.213 e. The average molecular weight is 346 g/mol. The number of pyridine rings is 1. The summed E-state index contributed by atoms with van der Waals surface area (Å²) in [6, 6.07) is 10.1. The van der Waals surface area contributed by atoms with Crippen molar-refractivity contribution in [2.45, 2.75) is 13.1 Å². The van der Waals surface area contributed by atoms with Gasteiger partial charge in [0.05, 0.1) is 6.61 Å². The Kier molecular flexibility index (Phi) is 7.65. The van der Waals surface area contributed by atoms with Crippen molar-refractivity contribution in [2.75, 3.05) is 27.4 Å². The third-order valence-electron chi connectivity index (χ3n) is 3.39. The highest BCUT2D eigenvalue weighted by Gasteiger charge is 2.01. The predicted octanol–water partition coefficient (Wildman–Crippen LogP) is 2.11. The molecular weight excluding hydrogens is 323 g/mol. The van der Waals surface area contributed by atoms with E-state index in [0.717, 1.165) is 11.1 Å². The number of guanidine groups is 1. The Morgan fingerprint density at radius 1 is 1.04 bits per heavy atom. The van der Waals surface area contributed by atoms with Crippen molar-refractivity contribution in [3.8, 4) is 5.88 Å². The van der Waals surface area contributed by atoms with Gasteiger partial charge in [-0.25, -0.2) is 9.37 Å². The van der Waals surface area contributed by atoms with Crippen LogP contribution in [0, 0.1) is 5.82 Å². The molecule has 0 fully saturated rings. The lowest BCUT2D eigenvalue weighted by molar-refractivity contribution is 0.143. The van der Waals surface area contributed by atoms with E-state index in [1.54, 1.807) is 32.5 Å². The van der Waals surface area contributed by atoms with Crippen molar-refractivity contribution in [3.05, 3.63) is 59.5 Å². The van der Waals surface area contributed by atoms with Crippen LogP contribution in [0.3, 0.4) is 0 Å². The number of methoxy groups -OCH3 is 1. The van der Waals surface area contributed by atoms with Crippen LogP contribution in [0.4, 0.5) is 4.39 Å². The Hall–Kier alpha value is -2.67. The van der Waals surface area contributed by atoms with Crippen LogP contribution in [-0.4, -0.2) is 38.3 Å². The molecule has 0 aliphatic rings. The van der Waals surface area contributed by atoms with Crippen molar-refractivity contribution in [3.63, 3.8) is 0 Å². The first-order valence-corrected chi connectivity index (χ1v) is 7.97. The Labute approximate surface area is 147 Å². The van der Waals surface area contributed by atoms with Crippen LogP contribution < -0.4 is 15.4 Å². The molecule has 0 radical (unpaired) electrons. The van der Waals surface area contributed by atoms with Crippen molar-refractivity contribution < 1.29 is 13.9 Å². The lowest BCUT2D eigenvalue weighted by Crippen LogP contribution is -2.36. The molecule has 2 N–H and O–H groups in total. The van der Waals surface area contributed by atoms with Crippen molar-refractivity contribution in [2.24, 2.45) is 4.99 Å². The molecule has 0 aliphatic heterocycles. The maximum absolute atomic E-state index is 12.9. The van der Waals surface area contributed by atoms with E-state index in [0.29, 0.717) is 38.1 Å². The number of hydrogen-bond donors (Lipinski definition) is 2. The van der Waals surface area contributed by atoms with Crippen LogP contribution in [0.25, 0.3) is 0 Å². The number of nitrogens with one attached hydrogen (secondary N) is 2.